The van der Waals surface area contributed by atoms with Crippen LogP contribution >= 0.6 is 0 Å². The summed E-state index contributed by atoms with van der Waals surface area (Å²) in [5, 5.41) is 9.30. The van der Waals surface area contributed by atoms with Crippen molar-refractivity contribution in [1.82, 2.24) is 0 Å². The molecule has 2 heterocycles. The van der Waals surface area contributed by atoms with Crippen molar-refractivity contribution >= 4 is 0 Å². The Kier molecular flexibility index (Phi) is 1.42. The summed E-state index contributed by atoms with van der Waals surface area (Å²) < 4.78 is 15.0. The van der Waals surface area contributed by atoms with Crippen LogP contribution in [0.15, 0.2) is 0 Å². The topological polar surface area (TPSA) is 51.2 Å². The maximum atomic E-state index is 9.30. The van der Waals surface area contributed by atoms with Crippen LogP contribution in [0.3, 0.4) is 0 Å². The molecule has 0 saturated carbocycles. The number of hydrogen-bond donors (Lipinski definition) is 1. The van der Waals surface area contributed by atoms with Crippen molar-refractivity contribution < 1.29 is 19.3 Å². The molecule has 0 aromatic carbocycles. The molecular formula is C6H10O4. The molecule has 4 heteroatoms. The van der Waals surface area contributed by atoms with Crippen molar-refractivity contribution in [3.05, 3.63) is 0 Å². The monoisotopic (exact) mass is 146 g/mol. The minimum Gasteiger partial charge on any atom is -0.385 e. The maximum absolute atomic E-state index is 9.30. The molecule has 58 valence electrons. The molecule has 0 spiro atoms. The van der Waals surface area contributed by atoms with Crippen molar-refractivity contribution in [2.75, 3.05) is 13.7 Å². The van der Waals surface area contributed by atoms with Crippen molar-refractivity contribution in [2.45, 2.75) is 24.6 Å². The molecule has 0 radical (unpaired) electrons. The largest absolute Gasteiger partial charge is 0.385 e. The first-order valence-corrected chi connectivity index (χ1v) is 3.31. The van der Waals surface area contributed by atoms with Gasteiger partial charge in [0.05, 0.1) is 6.61 Å². The van der Waals surface area contributed by atoms with E-state index in [1.54, 1.807) is 0 Å². The molecule has 2 fully saturated rings. The molecule has 0 aromatic heterocycles. The van der Waals surface area contributed by atoms with Crippen molar-refractivity contribution in [3.63, 3.8) is 0 Å². The highest BCUT2D eigenvalue weighted by Crippen LogP contribution is 2.32. The summed E-state index contributed by atoms with van der Waals surface area (Å²) in [7, 11) is 1.51. The van der Waals surface area contributed by atoms with E-state index in [0.29, 0.717) is 6.61 Å². The Bertz CT molecular complexity index is 138. The standard InChI is InChI=1S/C6H10O4/c1-8-6-4(7)5-3(10-5)2-9-6/h3-7H,2H2,1H3/t3-,4+,5-,6-/m1/s1. The number of rotatable bonds is 1. The Balaban J connectivity index is 1.97. The lowest BCUT2D eigenvalue weighted by atomic mass is 10.1. The van der Waals surface area contributed by atoms with Gasteiger partial charge >= 0.3 is 0 Å². The molecule has 1 N–H and O–H groups in total. The molecule has 4 nitrogen and oxygen atoms in total. The SMILES string of the molecule is CO[C@@H]1OC[C@H]2O[C@H]2[C@@H]1O. The second-order valence-electron chi connectivity index (χ2n) is 2.57. The molecule has 0 unspecified atom stereocenters. The summed E-state index contributed by atoms with van der Waals surface area (Å²) in [4.78, 5) is 0. The van der Waals surface area contributed by atoms with Crippen LogP contribution in [0.5, 0.6) is 0 Å². The van der Waals surface area contributed by atoms with E-state index in [9.17, 15) is 5.11 Å². The average Bonchev–Trinajstić information content (AvgIpc) is 2.68. The summed E-state index contributed by atoms with van der Waals surface area (Å²) in [5.74, 6) is 0. The second-order valence-corrected chi connectivity index (χ2v) is 2.57. The minimum atomic E-state index is -0.608. The third-order valence-electron chi connectivity index (χ3n) is 1.89. The van der Waals surface area contributed by atoms with E-state index in [2.05, 4.69) is 0 Å². The minimum absolute atomic E-state index is 0.0429. The highest BCUT2D eigenvalue weighted by Gasteiger charge is 2.52. The number of ether oxygens (including phenoxy) is 3. The predicted molar refractivity (Wildman–Crippen MR) is 31.4 cm³/mol. The van der Waals surface area contributed by atoms with Crippen molar-refractivity contribution in [3.8, 4) is 0 Å². The van der Waals surface area contributed by atoms with Crippen molar-refractivity contribution in [2.24, 2.45) is 0 Å². The Hall–Kier alpha value is -0.160. The van der Waals surface area contributed by atoms with Crippen LogP contribution in [-0.4, -0.2) is 43.4 Å². The van der Waals surface area contributed by atoms with Crippen LogP contribution in [0.4, 0.5) is 0 Å². The van der Waals surface area contributed by atoms with Gasteiger partial charge in [0.1, 0.15) is 18.3 Å². The van der Waals surface area contributed by atoms with Gasteiger partial charge in [0.25, 0.3) is 0 Å². The summed E-state index contributed by atoms with van der Waals surface area (Å²) in [6.45, 7) is 0.542. The van der Waals surface area contributed by atoms with Gasteiger partial charge < -0.3 is 19.3 Å². The van der Waals surface area contributed by atoms with Gasteiger partial charge in [-0.2, -0.15) is 0 Å². The van der Waals surface area contributed by atoms with Crippen LogP contribution in [0, 0.1) is 0 Å². The normalized spacial score (nSPS) is 52.2. The molecule has 2 rings (SSSR count). The van der Waals surface area contributed by atoms with Gasteiger partial charge in [-0.1, -0.05) is 0 Å². The molecule has 2 aliphatic rings. The van der Waals surface area contributed by atoms with Gasteiger partial charge in [0, 0.05) is 7.11 Å². The lowest BCUT2D eigenvalue weighted by molar-refractivity contribution is -0.192. The molecule has 2 saturated heterocycles. The fraction of sp³-hybridized carbons (Fsp3) is 1.00. The third-order valence-corrected chi connectivity index (χ3v) is 1.89. The number of hydrogen-bond acceptors (Lipinski definition) is 4. The van der Waals surface area contributed by atoms with E-state index in [-0.39, 0.29) is 12.2 Å². The first kappa shape index (κ1) is 6.54. The van der Waals surface area contributed by atoms with Gasteiger partial charge in [-0.25, -0.2) is 0 Å². The van der Waals surface area contributed by atoms with E-state index >= 15 is 0 Å². The molecule has 0 aliphatic carbocycles. The molecular weight excluding hydrogens is 136 g/mol. The van der Waals surface area contributed by atoms with E-state index in [4.69, 9.17) is 14.2 Å². The molecule has 2 aliphatic heterocycles. The number of aliphatic hydroxyl groups is 1. The van der Waals surface area contributed by atoms with E-state index in [1.807, 2.05) is 0 Å². The molecule has 4 atom stereocenters. The summed E-state index contributed by atoms with van der Waals surface area (Å²) >= 11 is 0. The van der Waals surface area contributed by atoms with Gasteiger partial charge in [0.2, 0.25) is 0 Å². The summed E-state index contributed by atoms with van der Waals surface area (Å²) in [5.41, 5.74) is 0. The second kappa shape index (κ2) is 2.17. The molecule has 0 aromatic rings. The fourth-order valence-electron chi connectivity index (χ4n) is 1.24. The zero-order valence-corrected chi connectivity index (χ0v) is 5.69. The quantitative estimate of drug-likeness (QED) is 0.488. The van der Waals surface area contributed by atoms with Gasteiger partial charge in [-0.05, 0) is 0 Å². The van der Waals surface area contributed by atoms with E-state index < -0.39 is 12.4 Å². The van der Waals surface area contributed by atoms with E-state index in [0.717, 1.165) is 0 Å². The van der Waals surface area contributed by atoms with Crippen molar-refractivity contribution in [1.29, 1.82) is 0 Å². The number of fused-ring (bicyclic) bond motifs is 1. The average molecular weight is 146 g/mol. The van der Waals surface area contributed by atoms with Crippen LogP contribution in [0.1, 0.15) is 0 Å². The highest BCUT2D eigenvalue weighted by molar-refractivity contribution is 4.95. The molecule has 0 bridgehead atoms. The Morgan fingerprint density at radius 2 is 2.40 bits per heavy atom. The lowest BCUT2D eigenvalue weighted by Gasteiger charge is -2.23. The first-order valence-electron chi connectivity index (χ1n) is 3.31. The smallest absolute Gasteiger partial charge is 0.185 e. The first-order chi connectivity index (χ1) is 4.83. The number of epoxide rings is 1. The lowest BCUT2D eigenvalue weighted by Crippen LogP contribution is -2.41. The summed E-state index contributed by atoms with van der Waals surface area (Å²) in [6.07, 6.45) is -1.03. The number of aliphatic hydroxyl groups excluding tert-OH is 1. The predicted octanol–water partition coefficient (Wildman–Crippen LogP) is -0.883. The van der Waals surface area contributed by atoms with Crippen LogP contribution in [0.2, 0.25) is 0 Å². The van der Waals surface area contributed by atoms with E-state index in [1.165, 1.54) is 7.11 Å². The Labute approximate surface area is 58.7 Å². The van der Waals surface area contributed by atoms with Gasteiger partial charge in [-0.3, -0.25) is 0 Å². The highest BCUT2D eigenvalue weighted by atomic mass is 16.7. The van der Waals surface area contributed by atoms with Gasteiger partial charge in [0.15, 0.2) is 6.29 Å². The summed E-state index contributed by atoms with van der Waals surface area (Å²) in [6, 6.07) is 0. The zero-order chi connectivity index (χ0) is 7.14. The van der Waals surface area contributed by atoms with Crippen LogP contribution in [-0.2, 0) is 14.2 Å². The van der Waals surface area contributed by atoms with Crippen LogP contribution < -0.4 is 0 Å². The molecule has 10 heavy (non-hydrogen) atoms. The fourth-order valence-corrected chi connectivity index (χ4v) is 1.24. The maximum Gasteiger partial charge on any atom is 0.185 e. The van der Waals surface area contributed by atoms with Crippen LogP contribution in [0.25, 0.3) is 0 Å². The zero-order valence-electron chi connectivity index (χ0n) is 5.69. The Morgan fingerprint density at radius 1 is 1.60 bits per heavy atom. The number of methoxy groups -OCH3 is 1. The van der Waals surface area contributed by atoms with Gasteiger partial charge in [-0.15, -0.1) is 0 Å². The molecule has 0 amide bonds. The third kappa shape index (κ3) is 0.845. The Morgan fingerprint density at radius 3 is 3.10 bits per heavy atom.